The van der Waals surface area contributed by atoms with Crippen molar-refractivity contribution in [2.75, 3.05) is 13.2 Å². The van der Waals surface area contributed by atoms with Crippen LogP contribution in [0.1, 0.15) is 43.4 Å². The van der Waals surface area contributed by atoms with Gasteiger partial charge >= 0.3 is 0 Å². The molecule has 0 N–H and O–H groups in total. The summed E-state index contributed by atoms with van der Waals surface area (Å²) in [4.78, 5) is 8.72. The first-order valence-corrected chi connectivity index (χ1v) is 6.46. The summed E-state index contributed by atoms with van der Waals surface area (Å²) in [5.74, 6) is 1.43. The molecule has 4 heteroatoms. The molecule has 17 heavy (non-hydrogen) atoms. The van der Waals surface area contributed by atoms with E-state index >= 15 is 0 Å². The lowest BCUT2D eigenvalue weighted by atomic mass is 10.1. The lowest BCUT2D eigenvalue weighted by Gasteiger charge is -2.15. The number of hydrogen-bond acceptors (Lipinski definition) is 4. The molecule has 92 valence electrons. The van der Waals surface area contributed by atoms with Gasteiger partial charge in [0.25, 0.3) is 0 Å². The average molecular weight is 234 g/mol. The van der Waals surface area contributed by atoms with Gasteiger partial charge in [-0.2, -0.15) is 0 Å². The van der Waals surface area contributed by atoms with Crippen LogP contribution in [0.2, 0.25) is 0 Å². The molecule has 4 nitrogen and oxygen atoms in total. The van der Waals surface area contributed by atoms with Gasteiger partial charge < -0.3 is 9.47 Å². The summed E-state index contributed by atoms with van der Waals surface area (Å²) in [5, 5.41) is 0. The number of rotatable bonds is 4. The van der Waals surface area contributed by atoms with E-state index in [0.29, 0.717) is 12.5 Å². The predicted molar refractivity (Wildman–Crippen MR) is 63.2 cm³/mol. The first-order chi connectivity index (χ1) is 8.38. The third kappa shape index (κ3) is 2.27. The van der Waals surface area contributed by atoms with Crippen LogP contribution >= 0.6 is 0 Å². The van der Waals surface area contributed by atoms with Crippen molar-refractivity contribution in [2.24, 2.45) is 0 Å². The molecule has 1 aromatic rings. The highest BCUT2D eigenvalue weighted by Gasteiger charge is 2.29. The van der Waals surface area contributed by atoms with E-state index in [4.69, 9.17) is 9.47 Å². The molecule has 0 spiro atoms. The van der Waals surface area contributed by atoms with Gasteiger partial charge in [-0.05, 0) is 19.3 Å². The highest BCUT2D eigenvalue weighted by Crippen LogP contribution is 2.42. The summed E-state index contributed by atoms with van der Waals surface area (Å²) in [7, 11) is 0. The molecule has 0 bridgehead atoms. The molecule has 1 unspecified atom stereocenters. The molecule has 1 aliphatic carbocycles. The van der Waals surface area contributed by atoms with Crippen LogP contribution in [0.25, 0.3) is 0 Å². The molecule has 2 heterocycles. The fourth-order valence-electron chi connectivity index (χ4n) is 2.32. The van der Waals surface area contributed by atoms with Crippen molar-refractivity contribution < 1.29 is 9.47 Å². The number of nitrogens with zero attached hydrogens (tertiary/aromatic N) is 2. The summed E-state index contributed by atoms with van der Waals surface area (Å²) in [6, 6.07) is 0. The van der Waals surface area contributed by atoms with Crippen LogP contribution < -0.4 is 4.74 Å². The number of ether oxygens (including phenoxy) is 2. The SMILES string of the molecule is CCc1c(OC2CCOC2)ncnc1C1CC1. The summed E-state index contributed by atoms with van der Waals surface area (Å²) in [5.41, 5.74) is 2.40. The third-order valence-corrected chi connectivity index (χ3v) is 3.42. The fraction of sp³-hybridized carbons (Fsp3) is 0.692. The van der Waals surface area contributed by atoms with Gasteiger partial charge in [0.2, 0.25) is 5.88 Å². The topological polar surface area (TPSA) is 44.2 Å². The minimum absolute atomic E-state index is 0.169. The molecular formula is C13H18N2O2. The van der Waals surface area contributed by atoms with Crippen molar-refractivity contribution in [3.8, 4) is 5.88 Å². The minimum Gasteiger partial charge on any atom is -0.472 e. The van der Waals surface area contributed by atoms with Gasteiger partial charge in [-0.1, -0.05) is 6.92 Å². The smallest absolute Gasteiger partial charge is 0.220 e. The Hall–Kier alpha value is -1.16. The summed E-state index contributed by atoms with van der Waals surface area (Å²) >= 11 is 0. The summed E-state index contributed by atoms with van der Waals surface area (Å²) in [6.07, 6.45) is 6.23. The minimum atomic E-state index is 0.169. The van der Waals surface area contributed by atoms with E-state index in [-0.39, 0.29) is 6.10 Å². The second-order valence-electron chi connectivity index (χ2n) is 4.77. The van der Waals surface area contributed by atoms with E-state index in [1.54, 1.807) is 6.33 Å². The maximum atomic E-state index is 5.94. The van der Waals surface area contributed by atoms with E-state index in [1.165, 1.54) is 24.1 Å². The van der Waals surface area contributed by atoms with Crippen molar-refractivity contribution in [3.63, 3.8) is 0 Å². The maximum Gasteiger partial charge on any atom is 0.220 e. The highest BCUT2D eigenvalue weighted by molar-refractivity contribution is 5.34. The Labute approximate surface area is 101 Å². The van der Waals surface area contributed by atoms with Gasteiger partial charge in [0.05, 0.1) is 18.9 Å². The van der Waals surface area contributed by atoms with Crippen molar-refractivity contribution in [2.45, 2.75) is 44.6 Å². The molecule has 1 saturated heterocycles. The van der Waals surface area contributed by atoms with Crippen molar-refractivity contribution in [3.05, 3.63) is 17.6 Å². The van der Waals surface area contributed by atoms with Crippen LogP contribution in [0.15, 0.2) is 6.33 Å². The summed E-state index contributed by atoms with van der Waals surface area (Å²) < 4.78 is 11.3. The molecule has 1 aliphatic heterocycles. The average Bonchev–Trinajstić information content (AvgIpc) is 3.08. The van der Waals surface area contributed by atoms with Crippen LogP contribution in [0.5, 0.6) is 5.88 Å². The predicted octanol–water partition coefficient (Wildman–Crippen LogP) is 2.08. The van der Waals surface area contributed by atoms with Gasteiger partial charge in [-0.15, -0.1) is 0 Å². The van der Waals surface area contributed by atoms with Crippen LogP contribution in [-0.2, 0) is 11.2 Å². The molecule has 1 atom stereocenters. The standard InChI is InChI=1S/C13H18N2O2/c1-2-11-12(9-3-4-9)14-8-15-13(11)17-10-5-6-16-7-10/h8-10H,2-7H2,1H3. The van der Waals surface area contributed by atoms with Gasteiger partial charge in [0.1, 0.15) is 12.4 Å². The molecule has 2 fully saturated rings. The Morgan fingerprint density at radius 3 is 2.88 bits per heavy atom. The van der Waals surface area contributed by atoms with Gasteiger partial charge in [0, 0.05) is 17.9 Å². The van der Waals surface area contributed by atoms with Crippen LogP contribution in [-0.4, -0.2) is 29.3 Å². The van der Waals surface area contributed by atoms with Crippen molar-refractivity contribution in [1.82, 2.24) is 9.97 Å². The van der Waals surface area contributed by atoms with Crippen LogP contribution in [0, 0.1) is 0 Å². The third-order valence-electron chi connectivity index (χ3n) is 3.42. The molecule has 1 aromatic heterocycles. The Bertz CT molecular complexity index is 398. The normalized spacial score (nSPS) is 23.9. The second kappa shape index (κ2) is 4.61. The molecule has 0 radical (unpaired) electrons. The Kier molecular flexibility index (Phi) is 2.97. The molecule has 0 amide bonds. The quantitative estimate of drug-likeness (QED) is 0.800. The van der Waals surface area contributed by atoms with Gasteiger partial charge in [0.15, 0.2) is 0 Å². The Morgan fingerprint density at radius 2 is 2.24 bits per heavy atom. The number of aromatic nitrogens is 2. The second-order valence-corrected chi connectivity index (χ2v) is 4.77. The molecule has 3 rings (SSSR count). The van der Waals surface area contributed by atoms with E-state index < -0.39 is 0 Å². The Balaban J connectivity index is 1.83. The molecular weight excluding hydrogens is 216 g/mol. The van der Waals surface area contributed by atoms with Crippen molar-refractivity contribution >= 4 is 0 Å². The zero-order chi connectivity index (χ0) is 11.7. The lowest BCUT2D eigenvalue weighted by Crippen LogP contribution is -2.18. The molecule has 0 aromatic carbocycles. The van der Waals surface area contributed by atoms with Crippen LogP contribution in [0.3, 0.4) is 0 Å². The van der Waals surface area contributed by atoms with E-state index in [9.17, 15) is 0 Å². The molecule has 2 aliphatic rings. The number of hydrogen-bond donors (Lipinski definition) is 0. The van der Waals surface area contributed by atoms with Crippen molar-refractivity contribution in [1.29, 1.82) is 0 Å². The largest absolute Gasteiger partial charge is 0.472 e. The first kappa shape index (κ1) is 11.0. The summed E-state index contributed by atoms with van der Waals surface area (Å²) in [6.45, 7) is 3.63. The fourth-order valence-corrected chi connectivity index (χ4v) is 2.32. The van der Waals surface area contributed by atoms with Gasteiger partial charge in [-0.25, -0.2) is 9.97 Å². The van der Waals surface area contributed by atoms with E-state index in [0.717, 1.165) is 25.3 Å². The Morgan fingerprint density at radius 1 is 1.35 bits per heavy atom. The first-order valence-electron chi connectivity index (χ1n) is 6.46. The maximum absolute atomic E-state index is 5.94. The highest BCUT2D eigenvalue weighted by atomic mass is 16.5. The molecule has 1 saturated carbocycles. The van der Waals surface area contributed by atoms with Gasteiger partial charge in [-0.3, -0.25) is 0 Å². The van der Waals surface area contributed by atoms with Crippen LogP contribution in [0.4, 0.5) is 0 Å². The zero-order valence-corrected chi connectivity index (χ0v) is 10.2. The van der Waals surface area contributed by atoms with E-state index in [2.05, 4.69) is 16.9 Å². The lowest BCUT2D eigenvalue weighted by molar-refractivity contribution is 0.137. The monoisotopic (exact) mass is 234 g/mol. The zero-order valence-electron chi connectivity index (χ0n) is 10.2. The van der Waals surface area contributed by atoms with E-state index in [1.807, 2.05) is 0 Å².